The second-order valence-electron chi connectivity index (χ2n) is 4.71. The molecule has 1 fully saturated rings. The summed E-state index contributed by atoms with van der Waals surface area (Å²) in [4.78, 5) is 10.2. The topological polar surface area (TPSA) is 98.5 Å². The summed E-state index contributed by atoms with van der Waals surface area (Å²) in [6.07, 6.45) is 1.31. The first kappa shape index (κ1) is 15.4. The van der Waals surface area contributed by atoms with Crippen LogP contribution in [-0.2, 0) is 10.0 Å². The third-order valence-electron chi connectivity index (χ3n) is 3.16. The van der Waals surface area contributed by atoms with Crippen molar-refractivity contribution in [3.8, 4) is 6.07 Å². The van der Waals surface area contributed by atoms with Crippen molar-refractivity contribution in [2.45, 2.75) is 30.2 Å². The molecule has 0 aromatic heterocycles. The van der Waals surface area contributed by atoms with E-state index in [-0.39, 0.29) is 24.6 Å². The Balaban J connectivity index is 2.44. The fourth-order valence-corrected chi connectivity index (χ4v) is 3.76. The van der Waals surface area contributed by atoms with Crippen LogP contribution in [0, 0.1) is 17.1 Å². The fourth-order valence-electron chi connectivity index (χ4n) is 1.98. The van der Waals surface area contributed by atoms with Crippen LogP contribution in [0.15, 0.2) is 23.1 Å². The third-order valence-corrected chi connectivity index (χ3v) is 5.13. The number of sulfonamides is 1. The Hall–Kier alpha value is -1.98. The molecule has 1 aliphatic carbocycles. The van der Waals surface area contributed by atoms with Crippen LogP contribution in [0.4, 0.5) is 4.39 Å². The van der Waals surface area contributed by atoms with Crippen molar-refractivity contribution in [1.82, 2.24) is 4.31 Å². The Morgan fingerprint density at radius 3 is 2.67 bits per heavy atom. The summed E-state index contributed by atoms with van der Waals surface area (Å²) in [5.41, 5.74) is -0.300. The number of carbonyl (C=O) groups is 1. The maximum Gasteiger partial charge on any atom is 0.335 e. The van der Waals surface area contributed by atoms with Crippen molar-refractivity contribution in [3.63, 3.8) is 0 Å². The minimum Gasteiger partial charge on any atom is -0.478 e. The molecule has 2 rings (SSSR count). The number of nitrogens with zero attached hydrogens (tertiary/aromatic N) is 2. The van der Waals surface area contributed by atoms with Crippen LogP contribution < -0.4 is 0 Å². The number of rotatable bonds is 6. The van der Waals surface area contributed by atoms with E-state index >= 15 is 0 Å². The van der Waals surface area contributed by atoms with Gasteiger partial charge in [0, 0.05) is 19.0 Å². The predicted molar refractivity (Wildman–Crippen MR) is 70.5 cm³/mol. The summed E-state index contributed by atoms with van der Waals surface area (Å²) >= 11 is 0. The van der Waals surface area contributed by atoms with Crippen LogP contribution in [-0.4, -0.2) is 36.4 Å². The van der Waals surface area contributed by atoms with Crippen molar-refractivity contribution in [2.24, 2.45) is 0 Å². The monoisotopic (exact) mass is 312 g/mol. The van der Waals surface area contributed by atoms with E-state index in [2.05, 4.69) is 0 Å². The summed E-state index contributed by atoms with van der Waals surface area (Å²) in [7, 11) is -4.15. The maximum absolute atomic E-state index is 13.8. The zero-order valence-corrected chi connectivity index (χ0v) is 11.8. The number of halogens is 1. The minimum atomic E-state index is -4.15. The smallest absolute Gasteiger partial charge is 0.335 e. The maximum atomic E-state index is 13.8. The molecule has 1 N–H and O–H groups in total. The van der Waals surface area contributed by atoms with E-state index < -0.39 is 26.7 Å². The molecule has 1 aromatic rings. The molecule has 0 bridgehead atoms. The number of hydrogen-bond acceptors (Lipinski definition) is 4. The van der Waals surface area contributed by atoms with E-state index in [1.54, 1.807) is 0 Å². The number of nitriles is 1. The first-order valence-electron chi connectivity index (χ1n) is 6.29. The summed E-state index contributed by atoms with van der Waals surface area (Å²) < 4.78 is 39.9. The van der Waals surface area contributed by atoms with Crippen molar-refractivity contribution >= 4 is 16.0 Å². The van der Waals surface area contributed by atoms with Crippen molar-refractivity contribution in [2.75, 3.05) is 6.54 Å². The van der Waals surface area contributed by atoms with Gasteiger partial charge in [0.1, 0.15) is 10.7 Å². The van der Waals surface area contributed by atoms with Crippen LogP contribution in [0.5, 0.6) is 0 Å². The van der Waals surface area contributed by atoms with Gasteiger partial charge in [0.15, 0.2) is 0 Å². The molecular formula is C13H13FN2O4S. The van der Waals surface area contributed by atoms with Gasteiger partial charge in [-0.15, -0.1) is 0 Å². The van der Waals surface area contributed by atoms with Crippen molar-refractivity contribution in [3.05, 3.63) is 29.6 Å². The highest BCUT2D eigenvalue weighted by Crippen LogP contribution is 2.33. The molecule has 0 atom stereocenters. The zero-order chi connectivity index (χ0) is 15.6. The number of aromatic carboxylic acids is 1. The Labute approximate surface area is 121 Å². The van der Waals surface area contributed by atoms with Gasteiger partial charge >= 0.3 is 5.97 Å². The first-order valence-corrected chi connectivity index (χ1v) is 7.73. The van der Waals surface area contributed by atoms with E-state index in [0.717, 1.165) is 22.5 Å². The molecular weight excluding hydrogens is 299 g/mol. The van der Waals surface area contributed by atoms with E-state index in [1.807, 2.05) is 6.07 Å². The Morgan fingerprint density at radius 2 is 2.14 bits per heavy atom. The second-order valence-corrected chi connectivity index (χ2v) is 6.56. The van der Waals surface area contributed by atoms with Crippen LogP contribution in [0.1, 0.15) is 29.6 Å². The van der Waals surface area contributed by atoms with Gasteiger partial charge in [-0.3, -0.25) is 0 Å². The van der Waals surface area contributed by atoms with Gasteiger partial charge in [-0.05, 0) is 31.0 Å². The third kappa shape index (κ3) is 3.20. The number of benzene rings is 1. The molecule has 0 heterocycles. The Bertz CT molecular complexity index is 707. The lowest BCUT2D eigenvalue weighted by Gasteiger charge is -2.21. The number of carboxylic acids is 1. The molecule has 1 saturated carbocycles. The lowest BCUT2D eigenvalue weighted by molar-refractivity contribution is 0.0696. The first-order chi connectivity index (χ1) is 9.87. The average molecular weight is 312 g/mol. The van der Waals surface area contributed by atoms with Gasteiger partial charge in [-0.2, -0.15) is 9.57 Å². The van der Waals surface area contributed by atoms with Crippen LogP contribution in [0.2, 0.25) is 0 Å². The van der Waals surface area contributed by atoms with Crippen molar-refractivity contribution in [1.29, 1.82) is 5.26 Å². The summed E-state index contributed by atoms with van der Waals surface area (Å²) in [5.74, 6) is -2.33. The zero-order valence-electron chi connectivity index (χ0n) is 11.0. The molecule has 0 aliphatic heterocycles. The minimum absolute atomic E-state index is 0.00400. The molecule has 21 heavy (non-hydrogen) atoms. The van der Waals surface area contributed by atoms with Crippen molar-refractivity contribution < 1.29 is 22.7 Å². The van der Waals surface area contributed by atoms with E-state index in [9.17, 15) is 17.6 Å². The fraction of sp³-hybridized carbons (Fsp3) is 0.385. The molecule has 1 aliphatic rings. The summed E-state index contributed by atoms with van der Waals surface area (Å²) in [6, 6.07) is 4.26. The lowest BCUT2D eigenvalue weighted by atomic mass is 10.2. The predicted octanol–water partition coefficient (Wildman–Crippen LogP) is 1.59. The van der Waals surface area contributed by atoms with Gasteiger partial charge in [-0.25, -0.2) is 17.6 Å². The molecule has 0 spiro atoms. The highest BCUT2D eigenvalue weighted by Gasteiger charge is 2.39. The number of carboxylic acid groups (broad SMARTS) is 1. The SMILES string of the molecule is N#CCCN(C1CC1)S(=O)(=O)c1cc(C(=O)O)ccc1F. The normalized spacial score (nSPS) is 14.9. The molecule has 1 aromatic carbocycles. The largest absolute Gasteiger partial charge is 0.478 e. The van der Waals surface area contributed by atoms with Crippen LogP contribution >= 0.6 is 0 Å². The van der Waals surface area contributed by atoms with Gasteiger partial charge in [-0.1, -0.05) is 0 Å². The van der Waals surface area contributed by atoms with E-state index in [0.29, 0.717) is 12.8 Å². The van der Waals surface area contributed by atoms with Gasteiger partial charge < -0.3 is 5.11 Å². The lowest BCUT2D eigenvalue weighted by Crippen LogP contribution is -2.34. The Morgan fingerprint density at radius 1 is 1.48 bits per heavy atom. The standard InChI is InChI=1S/C13H13FN2O4S/c14-11-5-2-9(13(17)18)8-12(11)21(19,20)16(7-1-6-15)10-3-4-10/h2,5,8,10H,1,3-4,7H2,(H,17,18). The average Bonchev–Trinajstić information content (AvgIpc) is 3.23. The molecule has 0 radical (unpaired) electrons. The highest BCUT2D eigenvalue weighted by molar-refractivity contribution is 7.89. The highest BCUT2D eigenvalue weighted by atomic mass is 32.2. The molecule has 0 saturated heterocycles. The molecule has 0 amide bonds. The second kappa shape index (κ2) is 5.79. The molecule has 0 unspecified atom stereocenters. The summed E-state index contributed by atoms with van der Waals surface area (Å²) in [6.45, 7) is -0.0275. The van der Waals surface area contributed by atoms with Crippen LogP contribution in [0.25, 0.3) is 0 Å². The molecule has 112 valence electrons. The number of hydrogen-bond donors (Lipinski definition) is 1. The van der Waals surface area contributed by atoms with E-state index in [4.69, 9.17) is 10.4 Å². The van der Waals surface area contributed by atoms with E-state index in [1.165, 1.54) is 0 Å². The molecule has 8 heteroatoms. The van der Waals surface area contributed by atoms with Gasteiger partial charge in [0.2, 0.25) is 10.0 Å². The Kier molecular flexibility index (Phi) is 4.25. The van der Waals surface area contributed by atoms with Gasteiger partial charge in [0.05, 0.1) is 11.6 Å². The summed E-state index contributed by atoms with van der Waals surface area (Å²) in [5, 5.41) is 17.5. The molecule has 6 nitrogen and oxygen atoms in total. The quantitative estimate of drug-likeness (QED) is 0.860. The van der Waals surface area contributed by atoms with Crippen LogP contribution in [0.3, 0.4) is 0 Å². The van der Waals surface area contributed by atoms with Gasteiger partial charge in [0.25, 0.3) is 0 Å².